The van der Waals surface area contributed by atoms with Crippen molar-refractivity contribution < 1.29 is 28.5 Å². The Balaban J connectivity index is 1.49. The average molecular weight is 558 g/mol. The third kappa shape index (κ3) is 8.11. The summed E-state index contributed by atoms with van der Waals surface area (Å²) in [5, 5.41) is 0. The Bertz CT molecular complexity index is 1400. The van der Waals surface area contributed by atoms with Crippen molar-refractivity contribution in [3.05, 3.63) is 96.3 Å². The minimum Gasteiger partial charge on any atom is -0.497 e. The van der Waals surface area contributed by atoms with Crippen LogP contribution in [0.3, 0.4) is 0 Å². The molecule has 0 fully saturated rings. The summed E-state index contributed by atoms with van der Waals surface area (Å²) in [6.45, 7) is 4.18. The molecular formula is C32H35N3O6. The van der Waals surface area contributed by atoms with Gasteiger partial charge in [-0.15, -0.1) is 0 Å². The lowest BCUT2D eigenvalue weighted by atomic mass is 9.95. The number of ether oxygens (including phenoxy) is 4. The number of benzene rings is 3. The molecule has 1 N–H and O–H groups in total. The summed E-state index contributed by atoms with van der Waals surface area (Å²) in [5.41, 5.74) is 2.69. The maximum absolute atomic E-state index is 13.4. The van der Waals surface area contributed by atoms with E-state index in [0.29, 0.717) is 30.3 Å². The first-order valence-corrected chi connectivity index (χ1v) is 13.4. The van der Waals surface area contributed by atoms with Gasteiger partial charge in [0.25, 0.3) is 0 Å². The molecule has 0 unspecified atom stereocenters. The normalized spacial score (nSPS) is 11.5. The SMILES string of the molecule is COC(=O)CN(C(=O)Oc1ccc(OC)cc1)[C@@H](CC(C)C)c1ccc(OCc2cnc(-c3ccccc3)[nH]2)cc1. The highest BCUT2D eigenvalue weighted by Crippen LogP contribution is 2.31. The van der Waals surface area contributed by atoms with Crippen molar-refractivity contribution in [1.29, 1.82) is 0 Å². The van der Waals surface area contributed by atoms with Crippen molar-refractivity contribution in [2.24, 2.45) is 5.92 Å². The molecule has 3 aromatic carbocycles. The fraction of sp³-hybridized carbons (Fsp3) is 0.281. The topological polar surface area (TPSA) is 103 Å². The first kappa shape index (κ1) is 29.2. The van der Waals surface area contributed by atoms with E-state index in [0.717, 1.165) is 22.6 Å². The number of methoxy groups -OCH3 is 2. The molecule has 0 saturated heterocycles. The summed E-state index contributed by atoms with van der Waals surface area (Å²) >= 11 is 0. The number of hydrogen-bond donors (Lipinski definition) is 1. The molecule has 4 rings (SSSR count). The molecule has 0 spiro atoms. The largest absolute Gasteiger partial charge is 0.497 e. The quantitative estimate of drug-likeness (QED) is 0.200. The number of aromatic amines is 1. The third-order valence-electron chi connectivity index (χ3n) is 6.43. The van der Waals surface area contributed by atoms with E-state index in [1.54, 1.807) is 37.6 Å². The van der Waals surface area contributed by atoms with E-state index >= 15 is 0 Å². The van der Waals surface area contributed by atoms with Gasteiger partial charge in [0.15, 0.2) is 0 Å². The van der Waals surface area contributed by atoms with Crippen LogP contribution >= 0.6 is 0 Å². The van der Waals surface area contributed by atoms with E-state index in [1.807, 2.05) is 54.6 Å². The Labute approximate surface area is 240 Å². The number of amides is 1. The second-order valence-electron chi connectivity index (χ2n) is 9.87. The lowest BCUT2D eigenvalue weighted by molar-refractivity contribution is -0.142. The lowest BCUT2D eigenvalue weighted by Crippen LogP contribution is -2.41. The monoisotopic (exact) mass is 557 g/mol. The van der Waals surface area contributed by atoms with Gasteiger partial charge in [0, 0.05) is 5.56 Å². The molecule has 0 radical (unpaired) electrons. The lowest BCUT2D eigenvalue weighted by Gasteiger charge is -2.31. The van der Waals surface area contributed by atoms with Crippen molar-refractivity contribution in [2.45, 2.75) is 32.9 Å². The smallest absolute Gasteiger partial charge is 0.416 e. The van der Waals surface area contributed by atoms with Gasteiger partial charge in [-0.2, -0.15) is 0 Å². The number of imidazole rings is 1. The highest BCUT2D eigenvalue weighted by Gasteiger charge is 2.30. The van der Waals surface area contributed by atoms with Crippen molar-refractivity contribution in [3.8, 4) is 28.6 Å². The fourth-order valence-electron chi connectivity index (χ4n) is 4.32. The second kappa shape index (κ2) is 14.0. The molecule has 4 aromatic rings. The van der Waals surface area contributed by atoms with Crippen LogP contribution in [-0.4, -0.2) is 47.7 Å². The van der Waals surface area contributed by atoms with Gasteiger partial charge in [-0.3, -0.25) is 9.69 Å². The maximum atomic E-state index is 13.4. The molecule has 214 valence electrons. The fourth-order valence-corrected chi connectivity index (χ4v) is 4.32. The summed E-state index contributed by atoms with van der Waals surface area (Å²) in [4.78, 5) is 34.8. The summed E-state index contributed by atoms with van der Waals surface area (Å²) in [5.74, 6) is 2.10. The molecule has 1 heterocycles. The van der Waals surface area contributed by atoms with Gasteiger partial charge < -0.3 is 23.9 Å². The predicted molar refractivity (Wildman–Crippen MR) is 155 cm³/mol. The molecule has 0 saturated carbocycles. The predicted octanol–water partition coefficient (Wildman–Crippen LogP) is 6.43. The van der Waals surface area contributed by atoms with Gasteiger partial charge in [-0.25, -0.2) is 9.78 Å². The zero-order valence-corrected chi connectivity index (χ0v) is 23.7. The van der Waals surface area contributed by atoms with Gasteiger partial charge in [0.1, 0.15) is 36.2 Å². The van der Waals surface area contributed by atoms with Gasteiger partial charge in [0.05, 0.1) is 32.2 Å². The number of nitrogens with one attached hydrogen (secondary N) is 1. The highest BCUT2D eigenvalue weighted by atomic mass is 16.6. The van der Waals surface area contributed by atoms with Crippen LogP contribution in [0, 0.1) is 5.92 Å². The standard InChI is InChI=1S/C32H35N3O6/c1-22(2)18-29(35(20-30(36)39-4)32(37)41-28-16-14-26(38-3)15-17-28)23-10-12-27(13-11-23)40-21-25-19-33-31(34-25)24-8-6-5-7-9-24/h5-17,19,22,29H,18,20-21H2,1-4H3,(H,33,34)/t29-/m0/s1. The molecule has 0 bridgehead atoms. The molecular weight excluding hydrogens is 522 g/mol. The maximum Gasteiger partial charge on any atom is 0.416 e. The Morgan fingerprint density at radius 3 is 2.17 bits per heavy atom. The van der Waals surface area contributed by atoms with E-state index in [-0.39, 0.29) is 12.5 Å². The molecule has 0 aliphatic heterocycles. The number of carbonyl (C=O) groups is 2. The Hall–Kier alpha value is -4.79. The molecule has 9 nitrogen and oxygen atoms in total. The van der Waals surface area contributed by atoms with Crippen LogP contribution in [0.1, 0.15) is 37.6 Å². The zero-order valence-electron chi connectivity index (χ0n) is 23.7. The van der Waals surface area contributed by atoms with Gasteiger partial charge >= 0.3 is 12.1 Å². The molecule has 0 aliphatic rings. The zero-order chi connectivity index (χ0) is 29.2. The summed E-state index contributed by atoms with van der Waals surface area (Å²) in [7, 11) is 2.85. The first-order valence-electron chi connectivity index (χ1n) is 13.4. The van der Waals surface area contributed by atoms with Crippen molar-refractivity contribution >= 4 is 12.1 Å². The van der Waals surface area contributed by atoms with Crippen LogP contribution in [-0.2, 0) is 16.1 Å². The number of rotatable bonds is 12. The first-order chi connectivity index (χ1) is 19.9. The van der Waals surface area contributed by atoms with E-state index in [4.69, 9.17) is 18.9 Å². The van der Waals surface area contributed by atoms with Crippen LogP contribution in [0.2, 0.25) is 0 Å². The van der Waals surface area contributed by atoms with Crippen molar-refractivity contribution in [2.75, 3.05) is 20.8 Å². The van der Waals surface area contributed by atoms with Crippen LogP contribution in [0.25, 0.3) is 11.4 Å². The highest BCUT2D eigenvalue weighted by molar-refractivity contribution is 5.79. The Kier molecular flexibility index (Phi) is 9.99. The molecule has 1 atom stereocenters. The van der Waals surface area contributed by atoms with Crippen molar-refractivity contribution in [3.63, 3.8) is 0 Å². The van der Waals surface area contributed by atoms with Gasteiger partial charge in [0.2, 0.25) is 0 Å². The number of nitrogens with zero attached hydrogens (tertiary/aromatic N) is 2. The molecule has 1 aromatic heterocycles. The van der Waals surface area contributed by atoms with Crippen molar-refractivity contribution in [1.82, 2.24) is 14.9 Å². The second-order valence-corrected chi connectivity index (χ2v) is 9.87. The molecule has 1 amide bonds. The van der Waals surface area contributed by atoms with Crippen LogP contribution in [0.5, 0.6) is 17.2 Å². The minimum absolute atomic E-state index is 0.226. The molecule has 41 heavy (non-hydrogen) atoms. The van der Waals surface area contributed by atoms with Gasteiger partial charge in [-0.05, 0) is 54.3 Å². The number of aromatic nitrogens is 2. The van der Waals surface area contributed by atoms with E-state index in [1.165, 1.54) is 12.0 Å². The number of esters is 1. The minimum atomic E-state index is -0.653. The Morgan fingerprint density at radius 1 is 0.878 bits per heavy atom. The van der Waals surface area contributed by atoms with Gasteiger partial charge in [-0.1, -0.05) is 56.3 Å². The third-order valence-corrected chi connectivity index (χ3v) is 6.43. The molecule has 9 heteroatoms. The summed E-state index contributed by atoms with van der Waals surface area (Å²) < 4.78 is 21.7. The van der Waals surface area contributed by atoms with E-state index in [2.05, 4.69) is 23.8 Å². The number of hydrogen-bond acceptors (Lipinski definition) is 7. The molecule has 0 aliphatic carbocycles. The van der Waals surface area contributed by atoms with E-state index in [9.17, 15) is 9.59 Å². The van der Waals surface area contributed by atoms with Crippen LogP contribution in [0.4, 0.5) is 4.79 Å². The van der Waals surface area contributed by atoms with E-state index < -0.39 is 18.1 Å². The summed E-state index contributed by atoms with van der Waals surface area (Å²) in [6.07, 6.45) is 1.71. The summed E-state index contributed by atoms with van der Waals surface area (Å²) in [6, 6.07) is 23.6. The Morgan fingerprint density at radius 2 is 1.54 bits per heavy atom. The van der Waals surface area contributed by atoms with Crippen LogP contribution < -0.4 is 14.2 Å². The number of carbonyl (C=O) groups excluding carboxylic acids is 2. The average Bonchev–Trinajstić information content (AvgIpc) is 3.48. The number of H-pyrrole nitrogens is 1. The van der Waals surface area contributed by atoms with Crippen LogP contribution in [0.15, 0.2) is 85.1 Å².